The van der Waals surface area contributed by atoms with E-state index >= 15 is 0 Å². The predicted octanol–water partition coefficient (Wildman–Crippen LogP) is 1.45. The first-order valence-corrected chi connectivity index (χ1v) is 6.27. The first-order chi connectivity index (χ1) is 7.97. The van der Waals surface area contributed by atoms with E-state index in [9.17, 15) is 4.79 Å². The molecule has 1 rings (SSSR count). The Morgan fingerprint density at radius 3 is 2.41 bits per heavy atom. The Morgan fingerprint density at radius 1 is 1.53 bits per heavy atom. The predicted molar refractivity (Wildman–Crippen MR) is 66.8 cm³/mol. The van der Waals surface area contributed by atoms with Crippen molar-refractivity contribution in [1.29, 1.82) is 0 Å². The summed E-state index contributed by atoms with van der Waals surface area (Å²) in [4.78, 5) is 12.2. The molecule has 0 saturated heterocycles. The van der Waals surface area contributed by atoms with Gasteiger partial charge in [0.15, 0.2) is 5.84 Å². The Morgan fingerprint density at radius 2 is 2.12 bits per heavy atom. The molecule has 0 aromatic heterocycles. The maximum Gasteiger partial charge on any atom is 0.234 e. The molecule has 0 spiro atoms. The number of amides is 1. The van der Waals surface area contributed by atoms with Gasteiger partial charge in [0.2, 0.25) is 5.91 Å². The normalized spacial score (nSPS) is 20.8. The van der Waals surface area contributed by atoms with Gasteiger partial charge in [-0.25, -0.2) is 0 Å². The number of nitrogens with two attached hydrogens (primary N) is 1. The summed E-state index contributed by atoms with van der Waals surface area (Å²) in [7, 11) is 0. The van der Waals surface area contributed by atoms with Crippen molar-refractivity contribution in [1.82, 2.24) is 5.32 Å². The van der Waals surface area contributed by atoms with Gasteiger partial charge in [0.25, 0.3) is 0 Å². The Hall–Kier alpha value is -1.26. The molecule has 1 atom stereocenters. The van der Waals surface area contributed by atoms with Gasteiger partial charge in [-0.05, 0) is 25.2 Å². The fourth-order valence-electron chi connectivity index (χ4n) is 2.27. The first kappa shape index (κ1) is 13.8. The van der Waals surface area contributed by atoms with Crippen molar-refractivity contribution in [3.63, 3.8) is 0 Å². The zero-order valence-corrected chi connectivity index (χ0v) is 10.9. The number of carbonyl (C=O) groups is 1. The highest BCUT2D eigenvalue weighted by atomic mass is 16.4. The Kier molecular flexibility index (Phi) is 4.37. The standard InChI is InChI=1S/C12H23N3O2/c1-4-9(8(2)3)14-11(16)12(6-5-7-12)10(13)15-17/h8-9,17H,4-7H2,1-3H3,(H2,13,15)(H,14,16). The molecule has 0 aliphatic heterocycles. The second-order valence-corrected chi connectivity index (χ2v) is 5.15. The van der Waals surface area contributed by atoms with E-state index in [-0.39, 0.29) is 17.8 Å². The lowest BCUT2D eigenvalue weighted by Crippen LogP contribution is -2.56. The number of nitrogens with zero attached hydrogens (tertiary/aromatic N) is 1. The summed E-state index contributed by atoms with van der Waals surface area (Å²) in [6.45, 7) is 6.19. The van der Waals surface area contributed by atoms with E-state index in [0.717, 1.165) is 12.8 Å². The zero-order valence-electron chi connectivity index (χ0n) is 10.9. The van der Waals surface area contributed by atoms with Crippen LogP contribution in [-0.4, -0.2) is 23.0 Å². The minimum absolute atomic E-state index is 0.0415. The summed E-state index contributed by atoms with van der Waals surface area (Å²) in [6.07, 6.45) is 3.17. The van der Waals surface area contributed by atoms with Crippen molar-refractivity contribution in [2.24, 2.45) is 22.2 Å². The highest BCUT2D eigenvalue weighted by Gasteiger charge is 2.48. The molecule has 0 aromatic rings. The molecule has 0 bridgehead atoms. The third-order valence-electron chi connectivity index (χ3n) is 3.80. The third-order valence-corrected chi connectivity index (χ3v) is 3.80. The van der Waals surface area contributed by atoms with E-state index in [1.54, 1.807) is 0 Å². The molecule has 1 unspecified atom stereocenters. The van der Waals surface area contributed by atoms with E-state index in [0.29, 0.717) is 18.8 Å². The molecule has 1 fully saturated rings. The van der Waals surface area contributed by atoms with Crippen LogP contribution in [0.15, 0.2) is 5.16 Å². The van der Waals surface area contributed by atoms with Gasteiger partial charge in [0.1, 0.15) is 5.41 Å². The molecule has 5 heteroatoms. The number of hydrogen-bond acceptors (Lipinski definition) is 3. The molecule has 1 aliphatic rings. The quantitative estimate of drug-likeness (QED) is 0.295. The molecule has 1 aliphatic carbocycles. The Balaban J connectivity index is 2.74. The summed E-state index contributed by atoms with van der Waals surface area (Å²) in [5.41, 5.74) is 4.88. The number of oxime groups is 1. The van der Waals surface area contributed by atoms with Crippen LogP contribution in [0.2, 0.25) is 0 Å². The number of amidine groups is 1. The van der Waals surface area contributed by atoms with E-state index in [2.05, 4.69) is 24.3 Å². The first-order valence-electron chi connectivity index (χ1n) is 6.27. The van der Waals surface area contributed by atoms with Crippen molar-refractivity contribution in [3.8, 4) is 0 Å². The third kappa shape index (κ3) is 2.53. The fourth-order valence-corrected chi connectivity index (χ4v) is 2.27. The van der Waals surface area contributed by atoms with Gasteiger partial charge in [-0.15, -0.1) is 0 Å². The van der Waals surface area contributed by atoms with Gasteiger partial charge >= 0.3 is 0 Å². The smallest absolute Gasteiger partial charge is 0.234 e. The van der Waals surface area contributed by atoms with E-state index in [1.807, 2.05) is 6.92 Å². The van der Waals surface area contributed by atoms with Crippen LogP contribution in [0.3, 0.4) is 0 Å². The zero-order chi connectivity index (χ0) is 13.1. The average molecular weight is 241 g/mol. The SMILES string of the molecule is CCC(NC(=O)C1(C(N)=NO)CCC1)C(C)C. The summed E-state index contributed by atoms with van der Waals surface area (Å²) < 4.78 is 0. The van der Waals surface area contributed by atoms with Crippen molar-refractivity contribution in [3.05, 3.63) is 0 Å². The summed E-state index contributed by atoms with van der Waals surface area (Å²) in [5.74, 6) is 0.327. The maximum absolute atomic E-state index is 12.2. The molecule has 0 heterocycles. The summed E-state index contributed by atoms with van der Waals surface area (Å²) >= 11 is 0. The molecular formula is C12H23N3O2. The minimum Gasteiger partial charge on any atom is -0.409 e. The van der Waals surface area contributed by atoms with Crippen LogP contribution in [0.4, 0.5) is 0 Å². The van der Waals surface area contributed by atoms with Gasteiger partial charge in [-0.2, -0.15) is 0 Å². The molecular weight excluding hydrogens is 218 g/mol. The van der Waals surface area contributed by atoms with Crippen molar-refractivity contribution in [2.75, 3.05) is 0 Å². The van der Waals surface area contributed by atoms with Crippen LogP contribution < -0.4 is 11.1 Å². The monoisotopic (exact) mass is 241 g/mol. The highest BCUT2D eigenvalue weighted by molar-refractivity contribution is 6.07. The second kappa shape index (κ2) is 5.38. The van der Waals surface area contributed by atoms with E-state index < -0.39 is 5.41 Å². The summed E-state index contributed by atoms with van der Waals surface area (Å²) in [6, 6.07) is 0.145. The molecule has 1 saturated carbocycles. The van der Waals surface area contributed by atoms with Crippen LogP contribution >= 0.6 is 0 Å². The van der Waals surface area contributed by atoms with Crippen LogP contribution in [-0.2, 0) is 4.79 Å². The lowest BCUT2D eigenvalue weighted by molar-refractivity contribution is -0.132. The van der Waals surface area contributed by atoms with Crippen LogP contribution in [0.25, 0.3) is 0 Å². The van der Waals surface area contributed by atoms with E-state index in [4.69, 9.17) is 10.9 Å². The number of carbonyl (C=O) groups excluding carboxylic acids is 1. The van der Waals surface area contributed by atoms with Gasteiger partial charge in [-0.1, -0.05) is 32.3 Å². The molecule has 98 valence electrons. The van der Waals surface area contributed by atoms with Crippen LogP contribution in [0.1, 0.15) is 46.5 Å². The van der Waals surface area contributed by atoms with Crippen LogP contribution in [0.5, 0.6) is 0 Å². The van der Waals surface area contributed by atoms with Crippen LogP contribution in [0, 0.1) is 11.3 Å². The Bertz CT molecular complexity index is 309. The largest absolute Gasteiger partial charge is 0.409 e. The van der Waals surface area contributed by atoms with Gasteiger partial charge in [-0.3, -0.25) is 4.79 Å². The lowest BCUT2D eigenvalue weighted by Gasteiger charge is -2.40. The Labute approximate surface area is 102 Å². The number of rotatable bonds is 5. The van der Waals surface area contributed by atoms with Crippen molar-refractivity contribution in [2.45, 2.75) is 52.5 Å². The molecule has 5 nitrogen and oxygen atoms in total. The van der Waals surface area contributed by atoms with Gasteiger partial charge in [0.05, 0.1) is 0 Å². The number of nitrogens with one attached hydrogen (secondary N) is 1. The maximum atomic E-state index is 12.2. The molecule has 0 aromatic carbocycles. The summed E-state index contributed by atoms with van der Waals surface area (Å²) in [5, 5.41) is 14.8. The topological polar surface area (TPSA) is 87.7 Å². The average Bonchev–Trinajstić information content (AvgIpc) is 2.23. The second-order valence-electron chi connectivity index (χ2n) is 5.15. The lowest BCUT2D eigenvalue weighted by atomic mass is 9.67. The molecule has 1 amide bonds. The van der Waals surface area contributed by atoms with Crippen molar-refractivity contribution < 1.29 is 10.0 Å². The fraction of sp³-hybridized carbons (Fsp3) is 0.833. The van der Waals surface area contributed by atoms with Gasteiger partial charge in [0, 0.05) is 6.04 Å². The number of hydrogen-bond donors (Lipinski definition) is 3. The van der Waals surface area contributed by atoms with Crippen molar-refractivity contribution >= 4 is 11.7 Å². The van der Waals surface area contributed by atoms with Gasteiger partial charge < -0.3 is 16.3 Å². The minimum atomic E-state index is -0.767. The molecule has 17 heavy (non-hydrogen) atoms. The van der Waals surface area contributed by atoms with E-state index in [1.165, 1.54) is 0 Å². The molecule has 0 radical (unpaired) electrons. The molecule has 4 N–H and O–H groups in total. The highest BCUT2D eigenvalue weighted by Crippen LogP contribution is 2.41.